The Hall–Kier alpha value is -3.01. The number of aryl methyl sites for hydroxylation is 1. The van der Waals surface area contributed by atoms with Gasteiger partial charge in [0.1, 0.15) is 6.54 Å². The molecule has 3 amide bonds. The van der Waals surface area contributed by atoms with E-state index >= 15 is 0 Å². The lowest BCUT2D eigenvalue weighted by Gasteiger charge is -2.34. The van der Waals surface area contributed by atoms with Crippen LogP contribution in [0.5, 0.6) is 0 Å². The average molecular weight is 498 g/mol. The van der Waals surface area contributed by atoms with Gasteiger partial charge in [0, 0.05) is 44.3 Å². The maximum Gasteiger partial charge on any atom is 0.262 e. The molecular weight excluding hydrogens is 474 g/mol. The molecule has 34 heavy (non-hydrogen) atoms. The number of nitrogens with one attached hydrogen (secondary N) is 1. The van der Waals surface area contributed by atoms with Crippen molar-refractivity contribution in [3.8, 4) is 0 Å². The van der Waals surface area contributed by atoms with E-state index < -0.39 is 11.8 Å². The molecule has 0 spiro atoms. The molecule has 3 heterocycles. The van der Waals surface area contributed by atoms with E-state index in [1.54, 1.807) is 35.6 Å². The van der Waals surface area contributed by atoms with Crippen LogP contribution in [0.2, 0.25) is 5.02 Å². The van der Waals surface area contributed by atoms with Gasteiger partial charge in [-0.15, -0.1) is 0 Å². The first-order valence-electron chi connectivity index (χ1n) is 11.2. The van der Waals surface area contributed by atoms with Crippen LogP contribution in [0.4, 0.5) is 5.13 Å². The predicted molar refractivity (Wildman–Crippen MR) is 133 cm³/mol. The molecule has 176 valence electrons. The largest absolute Gasteiger partial charge is 0.353 e. The molecule has 1 aromatic heterocycles. The van der Waals surface area contributed by atoms with E-state index in [0.29, 0.717) is 24.2 Å². The molecule has 0 saturated carbocycles. The second-order valence-corrected chi connectivity index (χ2v) is 9.85. The number of piperazine rings is 1. The number of benzene rings is 2. The van der Waals surface area contributed by atoms with Crippen LogP contribution >= 0.6 is 22.9 Å². The number of anilines is 1. The molecule has 0 atom stereocenters. The van der Waals surface area contributed by atoms with E-state index in [-0.39, 0.29) is 12.5 Å². The molecular formula is C24H24ClN5O3S. The number of carbonyl (C=O) groups excluding carboxylic acids is 3. The number of fused-ring (bicyclic) bond motifs is 2. The zero-order valence-electron chi connectivity index (χ0n) is 18.7. The van der Waals surface area contributed by atoms with Crippen LogP contribution in [-0.2, 0) is 4.79 Å². The van der Waals surface area contributed by atoms with Crippen molar-refractivity contribution in [3.05, 3.63) is 58.1 Å². The summed E-state index contributed by atoms with van der Waals surface area (Å²) in [5.74, 6) is -1.17. The van der Waals surface area contributed by atoms with E-state index in [2.05, 4.69) is 15.1 Å². The molecule has 10 heteroatoms. The Morgan fingerprint density at radius 1 is 1.06 bits per heavy atom. The highest BCUT2D eigenvalue weighted by atomic mass is 35.5. The molecule has 0 unspecified atom stereocenters. The molecule has 3 aromatic rings. The van der Waals surface area contributed by atoms with Gasteiger partial charge in [0.05, 0.1) is 21.3 Å². The first kappa shape index (κ1) is 22.8. The fourth-order valence-electron chi connectivity index (χ4n) is 4.32. The van der Waals surface area contributed by atoms with Crippen LogP contribution < -0.4 is 10.2 Å². The molecule has 0 radical (unpaired) electrons. The van der Waals surface area contributed by atoms with Gasteiger partial charge in [-0.2, -0.15) is 0 Å². The summed E-state index contributed by atoms with van der Waals surface area (Å²) in [4.78, 5) is 47.6. The number of rotatable bonds is 6. The standard InChI is InChI=1S/C24H24ClN5O3S/c1-15-18(25)6-7-19-21(15)27-24(34-19)29-12-10-28(11-13-29)9-8-26-20(31)14-30-22(32)16-4-2-3-5-17(16)23(30)33/h2-7H,8-14H2,1H3,(H,26,31). The number of aromatic nitrogens is 1. The molecule has 2 aliphatic heterocycles. The number of amides is 3. The maximum atomic E-state index is 12.4. The van der Waals surface area contributed by atoms with Gasteiger partial charge in [-0.05, 0) is 36.8 Å². The molecule has 8 nitrogen and oxygen atoms in total. The number of imide groups is 1. The van der Waals surface area contributed by atoms with E-state index in [1.807, 2.05) is 19.1 Å². The zero-order chi connectivity index (χ0) is 23.8. The van der Waals surface area contributed by atoms with Crippen molar-refractivity contribution in [3.63, 3.8) is 0 Å². The van der Waals surface area contributed by atoms with Crippen LogP contribution in [0.15, 0.2) is 36.4 Å². The van der Waals surface area contributed by atoms with Crippen molar-refractivity contribution in [2.75, 3.05) is 50.7 Å². The smallest absolute Gasteiger partial charge is 0.262 e. The lowest BCUT2D eigenvalue weighted by atomic mass is 10.1. The topological polar surface area (TPSA) is 85.9 Å². The zero-order valence-corrected chi connectivity index (χ0v) is 20.3. The van der Waals surface area contributed by atoms with Gasteiger partial charge in [-0.25, -0.2) is 4.98 Å². The first-order valence-corrected chi connectivity index (χ1v) is 12.4. The normalized spacial score (nSPS) is 16.4. The van der Waals surface area contributed by atoms with Gasteiger partial charge in [-0.1, -0.05) is 35.1 Å². The van der Waals surface area contributed by atoms with E-state index in [9.17, 15) is 14.4 Å². The number of hydrogen-bond donors (Lipinski definition) is 1. The predicted octanol–water partition coefficient (Wildman–Crippen LogP) is 2.79. The summed E-state index contributed by atoms with van der Waals surface area (Å²) in [5, 5.41) is 4.58. The molecule has 5 rings (SSSR count). The van der Waals surface area contributed by atoms with Crippen LogP contribution in [-0.4, -0.2) is 78.3 Å². The van der Waals surface area contributed by atoms with Gasteiger partial charge < -0.3 is 10.2 Å². The summed E-state index contributed by atoms with van der Waals surface area (Å²) in [6.45, 7) is 6.34. The second-order valence-electron chi connectivity index (χ2n) is 8.44. The monoisotopic (exact) mass is 497 g/mol. The van der Waals surface area contributed by atoms with E-state index in [0.717, 1.165) is 57.0 Å². The minimum Gasteiger partial charge on any atom is -0.353 e. The van der Waals surface area contributed by atoms with Crippen LogP contribution in [0.3, 0.4) is 0 Å². The van der Waals surface area contributed by atoms with Crippen molar-refractivity contribution in [1.29, 1.82) is 0 Å². The fraction of sp³-hybridized carbons (Fsp3) is 0.333. The number of hydrogen-bond acceptors (Lipinski definition) is 7. The number of halogens is 1. The third-order valence-electron chi connectivity index (χ3n) is 6.31. The minimum absolute atomic E-state index is 0.263. The van der Waals surface area contributed by atoms with E-state index in [1.165, 1.54) is 0 Å². The lowest BCUT2D eigenvalue weighted by Crippen LogP contribution is -2.49. The Balaban J connectivity index is 1.08. The highest BCUT2D eigenvalue weighted by Crippen LogP contribution is 2.33. The van der Waals surface area contributed by atoms with Gasteiger partial charge >= 0.3 is 0 Å². The Morgan fingerprint density at radius 2 is 1.74 bits per heavy atom. The molecule has 1 N–H and O–H groups in total. The number of thiazole rings is 1. The summed E-state index contributed by atoms with van der Waals surface area (Å²) in [6.07, 6.45) is 0. The van der Waals surface area contributed by atoms with Crippen LogP contribution in [0.1, 0.15) is 26.3 Å². The molecule has 1 saturated heterocycles. The fourth-order valence-corrected chi connectivity index (χ4v) is 5.55. The summed E-state index contributed by atoms with van der Waals surface area (Å²) < 4.78 is 1.14. The van der Waals surface area contributed by atoms with Gasteiger partial charge in [0.2, 0.25) is 5.91 Å². The Morgan fingerprint density at radius 3 is 2.41 bits per heavy atom. The Bertz CT molecular complexity index is 1250. The third-order valence-corrected chi connectivity index (χ3v) is 7.80. The molecule has 1 fully saturated rings. The summed E-state index contributed by atoms with van der Waals surface area (Å²) in [6, 6.07) is 10.6. The van der Waals surface area contributed by atoms with Crippen LogP contribution in [0.25, 0.3) is 10.2 Å². The third kappa shape index (κ3) is 4.26. The highest BCUT2D eigenvalue weighted by molar-refractivity contribution is 7.22. The van der Waals surface area contributed by atoms with Crippen molar-refractivity contribution in [2.24, 2.45) is 0 Å². The molecule has 0 aliphatic carbocycles. The summed E-state index contributed by atoms with van der Waals surface area (Å²) in [5.41, 5.74) is 2.68. The Kier molecular flexibility index (Phi) is 6.24. The van der Waals surface area contributed by atoms with Crippen molar-refractivity contribution in [1.82, 2.24) is 20.1 Å². The minimum atomic E-state index is -0.417. The lowest BCUT2D eigenvalue weighted by molar-refractivity contribution is -0.121. The van der Waals surface area contributed by atoms with Crippen LogP contribution in [0, 0.1) is 6.92 Å². The van der Waals surface area contributed by atoms with Crippen molar-refractivity contribution in [2.45, 2.75) is 6.92 Å². The number of nitrogens with zero attached hydrogens (tertiary/aromatic N) is 4. The van der Waals surface area contributed by atoms with Gasteiger partial charge in [-0.3, -0.25) is 24.2 Å². The second kappa shape index (κ2) is 9.32. The van der Waals surface area contributed by atoms with Crippen molar-refractivity contribution >= 4 is 56.0 Å². The van der Waals surface area contributed by atoms with Crippen molar-refractivity contribution < 1.29 is 14.4 Å². The van der Waals surface area contributed by atoms with Gasteiger partial charge in [0.25, 0.3) is 11.8 Å². The molecule has 2 aromatic carbocycles. The quantitative estimate of drug-likeness (QED) is 0.527. The maximum absolute atomic E-state index is 12.4. The number of carbonyl (C=O) groups is 3. The first-order chi connectivity index (χ1) is 16.4. The van der Waals surface area contributed by atoms with Gasteiger partial charge in [0.15, 0.2) is 5.13 Å². The summed E-state index contributed by atoms with van der Waals surface area (Å²) in [7, 11) is 0. The molecule has 2 aliphatic rings. The average Bonchev–Trinajstić information content (AvgIpc) is 3.38. The van der Waals surface area contributed by atoms with E-state index in [4.69, 9.17) is 16.6 Å². The summed E-state index contributed by atoms with van der Waals surface area (Å²) >= 11 is 7.92. The SMILES string of the molecule is Cc1c(Cl)ccc2sc(N3CCN(CCNC(=O)CN4C(=O)c5ccccc5C4=O)CC3)nc12. The molecule has 0 bridgehead atoms. The Labute approximate surface area is 206 Å². The highest BCUT2D eigenvalue weighted by Gasteiger charge is 2.36.